The number of carbonyl (C=O) groups excluding carboxylic acids is 4. The number of unbranched alkanes of at least 4 members (excludes halogenated alkanes) is 36. The minimum absolute atomic E-state index is 0.102. The number of rotatable bonds is 68. The van der Waals surface area contributed by atoms with E-state index in [0.29, 0.717) is 31.6 Å². The van der Waals surface area contributed by atoms with Gasteiger partial charge < -0.3 is 33.8 Å². The lowest BCUT2D eigenvalue weighted by Crippen LogP contribution is -2.30. The molecule has 0 bridgehead atoms. The number of carbonyl (C=O) groups is 4. The fourth-order valence-electron chi connectivity index (χ4n) is 10.5. The second-order valence-corrected chi connectivity index (χ2v) is 29.6. The van der Waals surface area contributed by atoms with E-state index in [0.717, 1.165) is 102 Å². The average molecular weight is 1310 g/mol. The van der Waals surface area contributed by atoms with Gasteiger partial charge in [-0.3, -0.25) is 37.3 Å². The van der Waals surface area contributed by atoms with E-state index in [4.69, 9.17) is 37.0 Å². The van der Waals surface area contributed by atoms with Crippen LogP contribution in [0.5, 0.6) is 0 Å². The molecule has 17 nitrogen and oxygen atoms in total. The summed E-state index contributed by atoms with van der Waals surface area (Å²) in [5.74, 6) is 0.0991. The molecule has 0 saturated carbocycles. The quantitative estimate of drug-likeness (QED) is 0.0222. The number of aliphatic hydroxyl groups is 1. The van der Waals surface area contributed by atoms with Crippen LogP contribution in [-0.4, -0.2) is 96.7 Å². The third-order valence-corrected chi connectivity index (χ3v) is 18.0. The third-order valence-electron chi connectivity index (χ3n) is 16.1. The van der Waals surface area contributed by atoms with Gasteiger partial charge in [-0.15, -0.1) is 0 Å². The van der Waals surface area contributed by atoms with Gasteiger partial charge in [-0.05, 0) is 43.4 Å². The highest BCUT2D eigenvalue weighted by molar-refractivity contribution is 7.47. The van der Waals surface area contributed by atoms with Gasteiger partial charge in [0.25, 0.3) is 0 Å². The monoisotopic (exact) mass is 1310 g/mol. The predicted octanol–water partition coefficient (Wildman–Crippen LogP) is 19.8. The van der Waals surface area contributed by atoms with Crippen LogP contribution in [0.15, 0.2) is 0 Å². The second-order valence-electron chi connectivity index (χ2n) is 26.7. The molecule has 0 spiro atoms. The molecule has 0 radical (unpaired) electrons. The summed E-state index contributed by atoms with van der Waals surface area (Å²) in [4.78, 5) is 72.4. The van der Waals surface area contributed by atoms with Crippen LogP contribution in [0.25, 0.3) is 0 Å². The van der Waals surface area contributed by atoms with Gasteiger partial charge >= 0.3 is 39.5 Å². The Hall–Kier alpha value is -1.94. The summed E-state index contributed by atoms with van der Waals surface area (Å²) in [5.41, 5.74) is 0. The lowest BCUT2D eigenvalue weighted by molar-refractivity contribution is -0.161. The molecule has 0 aliphatic heterocycles. The van der Waals surface area contributed by atoms with Crippen molar-refractivity contribution in [3.8, 4) is 0 Å². The summed E-state index contributed by atoms with van der Waals surface area (Å²) in [5, 5.41) is 10.6. The maximum absolute atomic E-state index is 13.0. The number of esters is 4. The van der Waals surface area contributed by atoms with Crippen LogP contribution in [0.4, 0.5) is 0 Å². The van der Waals surface area contributed by atoms with Gasteiger partial charge in [-0.25, -0.2) is 9.13 Å². The van der Waals surface area contributed by atoms with Crippen molar-refractivity contribution in [3.63, 3.8) is 0 Å². The van der Waals surface area contributed by atoms with Crippen molar-refractivity contribution in [2.24, 2.45) is 17.8 Å². The van der Waals surface area contributed by atoms with E-state index in [1.54, 1.807) is 0 Å². The molecular weight excluding hydrogens is 1170 g/mol. The number of ether oxygens (including phenoxy) is 4. The Bertz CT molecular complexity index is 1750. The first-order valence-corrected chi connectivity index (χ1v) is 39.3. The normalized spacial score (nSPS) is 14.2. The summed E-state index contributed by atoms with van der Waals surface area (Å²) in [7, 11) is -9.90. The molecular formula is C70H136O17P2. The van der Waals surface area contributed by atoms with Crippen molar-refractivity contribution in [2.45, 2.75) is 369 Å². The molecule has 0 aliphatic rings. The summed E-state index contributed by atoms with van der Waals surface area (Å²) < 4.78 is 68.2. The minimum Gasteiger partial charge on any atom is -0.462 e. The fourth-order valence-corrected chi connectivity index (χ4v) is 12.1. The highest BCUT2D eigenvalue weighted by atomic mass is 31.2. The summed E-state index contributed by atoms with van der Waals surface area (Å²) in [6.45, 7) is 11.8. The molecule has 0 aromatic carbocycles. The van der Waals surface area contributed by atoms with Crippen LogP contribution in [0.1, 0.15) is 350 Å². The Kier molecular flexibility index (Phi) is 59.6. The van der Waals surface area contributed by atoms with Crippen molar-refractivity contribution < 1.29 is 80.2 Å². The van der Waals surface area contributed by atoms with Crippen molar-refractivity contribution in [3.05, 3.63) is 0 Å². The average Bonchev–Trinajstić information content (AvgIpc) is 3.54. The number of aliphatic hydroxyl groups excluding tert-OH is 1. The van der Waals surface area contributed by atoms with Gasteiger partial charge in [0.2, 0.25) is 0 Å². The topological polar surface area (TPSA) is 237 Å². The van der Waals surface area contributed by atoms with Crippen LogP contribution < -0.4 is 0 Å². The van der Waals surface area contributed by atoms with Crippen molar-refractivity contribution >= 4 is 39.5 Å². The molecule has 3 N–H and O–H groups in total. The van der Waals surface area contributed by atoms with Crippen LogP contribution >= 0.6 is 15.6 Å². The van der Waals surface area contributed by atoms with E-state index in [1.165, 1.54) is 161 Å². The van der Waals surface area contributed by atoms with Gasteiger partial charge in [-0.1, -0.05) is 299 Å². The molecule has 528 valence electrons. The Morgan fingerprint density at radius 1 is 0.303 bits per heavy atom. The van der Waals surface area contributed by atoms with Crippen LogP contribution in [0.2, 0.25) is 0 Å². The second kappa shape index (κ2) is 61.0. The lowest BCUT2D eigenvalue weighted by atomic mass is 10.0. The van der Waals surface area contributed by atoms with Gasteiger partial charge in [-0.2, -0.15) is 0 Å². The largest absolute Gasteiger partial charge is 0.472 e. The standard InChI is InChI=1S/C70H136O17P2/c1-8-9-10-11-12-22-29-37-44-51-67(72)80-58-66(87-70(75)54-47-40-33-32-36-43-50-63(6)7)60-85-89(78,79)83-56-64(71)55-82-88(76,77)84-59-65(57-81-68(73)52-45-38-30-25-21-20-24-28-35-42-49-62(4)5)86-69(74)53-46-39-31-26-19-17-15-13-14-16-18-23-27-34-41-48-61(2)3/h61-66,71H,8-60H2,1-7H3,(H,76,77)(H,78,79)/t64-,65-,66-/m1/s1. The molecule has 89 heavy (non-hydrogen) atoms. The molecule has 5 atom stereocenters. The molecule has 19 heteroatoms. The molecule has 0 saturated heterocycles. The zero-order valence-electron chi connectivity index (χ0n) is 57.9. The van der Waals surface area contributed by atoms with Crippen LogP contribution in [-0.2, 0) is 65.4 Å². The first-order chi connectivity index (χ1) is 42.7. The zero-order chi connectivity index (χ0) is 65.9. The molecule has 0 aliphatic carbocycles. The SMILES string of the molecule is CCCCCCCCCCCC(=O)OC[C@H](COP(=O)(O)OC[C@H](O)COP(=O)(O)OC[C@@H](COC(=O)CCCCCCCCCCCCC(C)C)OC(=O)CCCCCCCCCCCCCCCCCC(C)C)OC(=O)CCCCCCCCC(C)C. The predicted molar refractivity (Wildman–Crippen MR) is 358 cm³/mol. The van der Waals surface area contributed by atoms with Gasteiger partial charge in [0.15, 0.2) is 12.2 Å². The Balaban J connectivity index is 5.21. The minimum atomic E-state index is -4.95. The van der Waals surface area contributed by atoms with E-state index in [2.05, 4.69) is 48.5 Å². The van der Waals surface area contributed by atoms with E-state index in [1.807, 2.05) is 0 Å². The molecule has 0 fully saturated rings. The van der Waals surface area contributed by atoms with Crippen molar-refractivity contribution in [2.75, 3.05) is 39.6 Å². The smallest absolute Gasteiger partial charge is 0.462 e. The van der Waals surface area contributed by atoms with Gasteiger partial charge in [0.05, 0.1) is 26.4 Å². The van der Waals surface area contributed by atoms with Crippen molar-refractivity contribution in [1.82, 2.24) is 0 Å². The first-order valence-electron chi connectivity index (χ1n) is 36.3. The van der Waals surface area contributed by atoms with Gasteiger partial charge in [0.1, 0.15) is 19.3 Å². The maximum Gasteiger partial charge on any atom is 0.472 e. The Labute approximate surface area is 543 Å². The van der Waals surface area contributed by atoms with E-state index in [-0.39, 0.29) is 25.7 Å². The summed E-state index contributed by atoms with van der Waals surface area (Å²) in [6, 6.07) is 0. The summed E-state index contributed by atoms with van der Waals surface area (Å²) in [6.07, 6.45) is 44.6. The first kappa shape index (κ1) is 87.1. The lowest BCUT2D eigenvalue weighted by Gasteiger charge is -2.21. The molecule has 0 aromatic rings. The Morgan fingerprint density at radius 2 is 0.517 bits per heavy atom. The molecule has 0 rings (SSSR count). The summed E-state index contributed by atoms with van der Waals surface area (Å²) >= 11 is 0. The van der Waals surface area contributed by atoms with E-state index >= 15 is 0 Å². The van der Waals surface area contributed by atoms with Gasteiger partial charge in [0, 0.05) is 25.7 Å². The highest BCUT2D eigenvalue weighted by Crippen LogP contribution is 2.45. The Morgan fingerprint density at radius 3 is 0.764 bits per heavy atom. The molecule has 0 heterocycles. The number of hydrogen-bond acceptors (Lipinski definition) is 15. The van der Waals surface area contributed by atoms with E-state index < -0.39 is 97.5 Å². The fraction of sp³-hybridized carbons (Fsp3) is 0.943. The highest BCUT2D eigenvalue weighted by Gasteiger charge is 2.30. The van der Waals surface area contributed by atoms with Crippen LogP contribution in [0.3, 0.4) is 0 Å². The third kappa shape index (κ3) is 64.6. The number of hydrogen-bond donors (Lipinski definition) is 3. The number of phosphoric ester groups is 2. The van der Waals surface area contributed by atoms with Crippen molar-refractivity contribution in [1.29, 1.82) is 0 Å². The molecule has 2 unspecified atom stereocenters. The zero-order valence-corrected chi connectivity index (χ0v) is 59.7. The maximum atomic E-state index is 13.0. The molecule has 0 aromatic heterocycles. The molecule has 0 amide bonds. The van der Waals surface area contributed by atoms with E-state index in [9.17, 15) is 43.2 Å². The van der Waals surface area contributed by atoms with Crippen LogP contribution in [0, 0.1) is 17.8 Å². The number of phosphoric acid groups is 2.